The lowest BCUT2D eigenvalue weighted by molar-refractivity contribution is -0.116. The van der Waals surface area contributed by atoms with E-state index in [0.717, 1.165) is 21.3 Å². The Bertz CT molecular complexity index is 1090. The van der Waals surface area contributed by atoms with Crippen molar-refractivity contribution >= 4 is 44.1 Å². The van der Waals surface area contributed by atoms with Gasteiger partial charge in [0.05, 0.1) is 17.7 Å². The van der Waals surface area contributed by atoms with Gasteiger partial charge in [-0.15, -0.1) is 11.3 Å². The zero-order chi connectivity index (χ0) is 23.8. The summed E-state index contributed by atoms with van der Waals surface area (Å²) in [4.78, 5) is 25.2. The molecule has 3 rings (SSSR count). The molecular formula is C26H28BrNO4S. The number of ether oxygens (including phenoxy) is 2. The minimum absolute atomic E-state index is 0.167. The van der Waals surface area contributed by atoms with Crippen LogP contribution in [0.25, 0.3) is 11.1 Å². The number of nitrogens with one attached hydrogen (secondary N) is 1. The SMILES string of the molecule is CCOC(=O)c1c(-c2ccccc2)csc1NC(=O)CCCOc1ccc(C(C)C)cc1Br. The number of anilines is 1. The van der Waals surface area contributed by atoms with Crippen molar-refractivity contribution in [3.8, 4) is 16.9 Å². The second-order valence-corrected chi connectivity index (χ2v) is 9.52. The van der Waals surface area contributed by atoms with E-state index in [9.17, 15) is 9.59 Å². The molecule has 7 heteroatoms. The molecule has 0 spiro atoms. The number of hydrogen-bond acceptors (Lipinski definition) is 5. The molecule has 3 aromatic rings. The third-order valence-electron chi connectivity index (χ3n) is 5.04. The molecule has 0 fully saturated rings. The predicted molar refractivity (Wildman–Crippen MR) is 137 cm³/mol. The summed E-state index contributed by atoms with van der Waals surface area (Å²) in [6.45, 7) is 6.73. The summed E-state index contributed by atoms with van der Waals surface area (Å²) in [7, 11) is 0. The number of carbonyl (C=O) groups excluding carboxylic acids is 2. The quantitative estimate of drug-likeness (QED) is 0.221. The van der Waals surface area contributed by atoms with Crippen LogP contribution in [0.2, 0.25) is 0 Å². The molecule has 1 heterocycles. The Morgan fingerprint density at radius 1 is 1.12 bits per heavy atom. The van der Waals surface area contributed by atoms with Gasteiger partial charge in [0.25, 0.3) is 0 Å². The number of thiophene rings is 1. The molecule has 33 heavy (non-hydrogen) atoms. The van der Waals surface area contributed by atoms with Gasteiger partial charge in [0, 0.05) is 17.4 Å². The van der Waals surface area contributed by atoms with Crippen LogP contribution in [0.3, 0.4) is 0 Å². The lowest BCUT2D eigenvalue weighted by Crippen LogP contribution is -2.15. The average Bonchev–Trinajstić information content (AvgIpc) is 3.21. The third-order valence-corrected chi connectivity index (χ3v) is 6.55. The lowest BCUT2D eigenvalue weighted by Gasteiger charge is -2.12. The van der Waals surface area contributed by atoms with Crippen LogP contribution >= 0.6 is 27.3 Å². The second kappa shape index (κ2) is 12.0. The van der Waals surface area contributed by atoms with E-state index in [1.807, 2.05) is 41.8 Å². The lowest BCUT2D eigenvalue weighted by atomic mass is 10.0. The van der Waals surface area contributed by atoms with Crippen molar-refractivity contribution in [1.82, 2.24) is 0 Å². The molecule has 1 N–H and O–H groups in total. The van der Waals surface area contributed by atoms with Crippen LogP contribution in [0.15, 0.2) is 58.4 Å². The van der Waals surface area contributed by atoms with E-state index >= 15 is 0 Å². The first kappa shape index (κ1) is 25.0. The van der Waals surface area contributed by atoms with Crippen molar-refractivity contribution in [3.63, 3.8) is 0 Å². The maximum absolute atomic E-state index is 12.6. The first-order valence-corrected chi connectivity index (χ1v) is 12.6. The number of esters is 1. The molecule has 174 valence electrons. The van der Waals surface area contributed by atoms with Gasteiger partial charge < -0.3 is 14.8 Å². The third kappa shape index (κ3) is 6.68. The van der Waals surface area contributed by atoms with E-state index in [-0.39, 0.29) is 18.9 Å². The summed E-state index contributed by atoms with van der Waals surface area (Å²) in [5.74, 6) is 0.596. The van der Waals surface area contributed by atoms with Gasteiger partial charge in [-0.05, 0) is 58.5 Å². The highest BCUT2D eigenvalue weighted by Gasteiger charge is 2.22. The van der Waals surface area contributed by atoms with E-state index in [1.165, 1.54) is 16.9 Å². The fourth-order valence-corrected chi connectivity index (χ4v) is 4.77. The van der Waals surface area contributed by atoms with Crippen LogP contribution in [0.5, 0.6) is 5.75 Å². The fraction of sp³-hybridized carbons (Fsp3) is 0.308. The average molecular weight is 530 g/mol. The molecule has 0 saturated heterocycles. The molecule has 5 nitrogen and oxygen atoms in total. The van der Waals surface area contributed by atoms with Crippen LogP contribution in [0, 0.1) is 0 Å². The zero-order valence-electron chi connectivity index (χ0n) is 19.0. The van der Waals surface area contributed by atoms with Crippen molar-refractivity contribution in [1.29, 1.82) is 0 Å². The van der Waals surface area contributed by atoms with Gasteiger partial charge in [-0.3, -0.25) is 4.79 Å². The van der Waals surface area contributed by atoms with Crippen LogP contribution in [-0.2, 0) is 9.53 Å². The molecule has 0 aliphatic rings. The van der Waals surface area contributed by atoms with Crippen LogP contribution in [0.4, 0.5) is 5.00 Å². The zero-order valence-corrected chi connectivity index (χ0v) is 21.4. The Morgan fingerprint density at radius 2 is 1.88 bits per heavy atom. The van der Waals surface area contributed by atoms with Crippen molar-refractivity contribution in [2.24, 2.45) is 0 Å². The summed E-state index contributed by atoms with van der Waals surface area (Å²) < 4.78 is 12.0. The highest BCUT2D eigenvalue weighted by atomic mass is 79.9. The number of hydrogen-bond donors (Lipinski definition) is 1. The molecule has 1 aromatic heterocycles. The highest BCUT2D eigenvalue weighted by Crippen LogP contribution is 2.36. The summed E-state index contributed by atoms with van der Waals surface area (Å²) in [6.07, 6.45) is 0.832. The smallest absolute Gasteiger partial charge is 0.341 e. The van der Waals surface area contributed by atoms with E-state index < -0.39 is 5.97 Å². The van der Waals surface area contributed by atoms with E-state index in [1.54, 1.807) is 6.92 Å². The predicted octanol–water partition coefficient (Wildman–Crippen LogP) is 7.28. The summed E-state index contributed by atoms with van der Waals surface area (Å²) in [5, 5.41) is 5.26. The number of rotatable bonds is 10. The minimum Gasteiger partial charge on any atom is -0.492 e. The normalized spacial score (nSPS) is 10.8. The number of halogens is 1. The highest BCUT2D eigenvalue weighted by molar-refractivity contribution is 9.10. The molecule has 2 aromatic carbocycles. The van der Waals surface area contributed by atoms with Gasteiger partial charge in [0.15, 0.2) is 0 Å². The van der Waals surface area contributed by atoms with Crippen LogP contribution < -0.4 is 10.1 Å². The molecule has 0 bridgehead atoms. The van der Waals surface area contributed by atoms with Gasteiger partial charge >= 0.3 is 5.97 Å². The minimum atomic E-state index is -0.439. The standard InChI is InChI=1S/C26H28BrNO4S/c1-4-31-26(30)24-20(18-9-6-5-7-10-18)16-33-25(24)28-23(29)11-8-14-32-22-13-12-19(17(2)3)15-21(22)27/h5-7,9-10,12-13,15-17H,4,8,11,14H2,1-3H3,(H,28,29). The van der Waals surface area contributed by atoms with Gasteiger partial charge in [0.1, 0.15) is 16.3 Å². The summed E-state index contributed by atoms with van der Waals surface area (Å²) in [5.41, 5.74) is 3.29. The van der Waals surface area contributed by atoms with Crippen molar-refractivity contribution in [3.05, 3.63) is 69.5 Å². The maximum Gasteiger partial charge on any atom is 0.341 e. The molecule has 0 unspecified atom stereocenters. The Hall–Kier alpha value is -2.64. The monoisotopic (exact) mass is 529 g/mol. The summed E-state index contributed by atoms with van der Waals surface area (Å²) >= 11 is 4.87. The van der Waals surface area contributed by atoms with Gasteiger partial charge in [-0.2, -0.15) is 0 Å². The number of carbonyl (C=O) groups is 2. The maximum atomic E-state index is 12.6. The number of amides is 1. The Labute approximate surface area is 207 Å². The fourth-order valence-electron chi connectivity index (χ4n) is 3.28. The topological polar surface area (TPSA) is 64.6 Å². The Kier molecular flexibility index (Phi) is 9.09. The van der Waals surface area contributed by atoms with E-state index in [0.29, 0.717) is 29.5 Å². The summed E-state index contributed by atoms with van der Waals surface area (Å²) in [6, 6.07) is 15.7. The Morgan fingerprint density at radius 3 is 2.55 bits per heavy atom. The van der Waals surface area contributed by atoms with Gasteiger partial charge in [-0.25, -0.2) is 4.79 Å². The van der Waals surface area contributed by atoms with Crippen LogP contribution in [0.1, 0.15) is 55.5 Å². The first-order valence-electron chi connectivity index (χ1n) is 11.0. The molecule has 0 atom stereocenters. The molecule has 0 radical (unpaired) electrons. The van der Waals surface area contributed by atoms with Crippen molar-refractivity contribution in [2.45, 2.75) is 39.5 Å². The van der Waals surface area contributed by atoms with Crippen LogP contribution in [-0.4, -0.2) is 25.1 Å². The van der Waals surface area contributed by atoms with Crippen molar-refractivity contribution < 1.29 is 19.1 Å². The molecular weight excluding hydrogens is 502 g/mol. The van der Waals surface area contributed by atoms with Crippen molar-refractivity contribution in [2.75, 3.05) is 18.5 Å². The Balaban J connectivity index is 1.60. The van der Waals surface area contributed by atoms with E-state index in [2.05, 4.69) is 47.2 Å². The first-order chi connectivity index (χ1) is 15.9. The second-order valence-electron chi connectivity index (χ2n) is 7.78. The largest absolute Gasteiger partial charge is 0.492 e. The molecule has 0 aliphatic heterocycles. The molecule has 0 aliphatic carbocycles. The van der Waals surface area contributed by atoms with Gasteiger partial charge in [0.2, 0.25) is 5.91 Å². The molecule has 0 saturated carbocycles. The molecule has 1 amide bonds. The van der Waals surface area contributed by atoms with Gasteiger partial charge in [-0.1, -0.05) is 50.2 Å². The van der Waals surface area contributed by atoms with E-state index in [4.69, 9.17) is 9.47 Å². The number of benzene rings is 2.